The molecule has 26 heavy (non-hydrogen) atoms. The van der Waals surface area contributed by atoms with E-state index in [4.69, 9.17) is 11.6 Å². The summed E-state index contributed by atoms with van der Waals surface area (Å²) in [4.78, 5) is 14.4. The Morgan fingerprint density at radius 1 is 1.23 bits per heavy atom. The quantitative estimate of drug-likeness (QED) is 0.760. The first kappa shape index (κ1) is 21.4. The molecule has 0 aliphatic carbocycles. The summed E-state index contributed by atoms with van der Waals surface area (Å²) in [5, 5.41) is 3.78. The highest BCUT2D eigenvalue weighted by molar-refractivity contribution is 7.89. The second kappa shape index (κ2) is 9.37. The Bertz CT molecular complexity index is 716. The number of fused-ring (bicyclic) bond motifs is 1. The Morgan fingerprint density at radius 2 is 1.88 bits per heavy atom. The molecule has 2 saturated heterocycles. The fourth-order valence-corrected chi connectivity index (χ4v) is 4.97. The third-order valence-corrected chi connectivity index (χ3v) is 6.80. The number of carbonyl (C=O) groups is 1. The molecule has 1 aromatic carbocycles. The first-order valence-corrected chi connectivity index (χ1v) is 10.6. The van der Waals surface area contributed by atoms with Crippen molar-refractivity contribution in [2.24, 2.45) is 11.8 Å². The number of hydrogen-bond acceptors (Lipinski definition) is 4. The van der Waals surface area contributed by atoms with Crippen molar-refractivity contribution in [1.29, 1.82) is 0 Å². The van der Waals surface area contributed by atoms with E-state index in [1.807, 2.05) is 4.90 Å². The first-order valence-electron chi connectivity index (χ1n) is 8.69. The molecule has 2 aliphatic rings. The van der Waals surface area contributed by atoms with Crippen LogP contribution in [0.15, 0.2) is 29.2 Å². The molecular weight excluding hydrogens is 397 g/mol. The minimum absolute atomic E-state index is 0. The summed E-state index contributed by atoms with van der Waals surface area (Å²) in [5.74, 6) is 1.35. The van der Waals surface area contributed by atoms with Crippen molar-refractivity contribution in [1.82, 2.24) is 14.9 Å². The van der Waals surface area contributed by atoms with Crippen molar-refractivity contribution in [3.05, 3.63) is 29.3 Å². The minimum atomic E-state index is -3.64. The van der Waals surface area contributed by atoms with E-state index in [2.05, 4.69) is 10.0 Å². The molecule has 2 fully saturated rings. The van der Waals surface area contributed by atoms with Gasteiger partial charge in [-0.2, -0.15) is 0 Å². The molecule has 0 bridgehead atoms. The molecule has 3 rings (SSSR count). The van der Waals surface area contributed by atoms with Gasteiger partial charge < -0.3 is 10.2 Å². The SMILES string of the molecule is Cl.O=C(CCNS(=O)(=O)c1cccc(Cl)c1)N1CC[C@@H]2CNC[C@@H]2CC1. The number of sulfonamides is 1. The van der Waals surface area contributed by atoms with Gasteiger partial charge in [-0.25, -0.2) is 13.1 Å². The molecule has 2 N–H and O–H groups in total. The number of rotatable bonds is 5. The highest BCUT2D eigenvalue weighted by Gasteiger charge is 2.31. The van der Waals surface area contributed by atoms with Crippen molar-refractivity contribution >= 4 is 39.9 Å². The minimum Gasteiger partial charge on any atom is -0.343 e. The van der Waals surface area contributed by atoms with E-state index in [1.165, 1.54) is 12.1 Å². The number of carbonyl (C=O) groups excluding carboxylic acids is 1. The van der Waals surface area contributed by atoms with E-state index in [1.54, 1.807) is 12.1 Å². The van der Waals surface area contributed by atoms with Crippen molar-refractivity contribution in [2.75, 3.05) is 32.7 Å². The third-order valence-electron chi connectivity index (χ3n) is 5.11. The van der Waals surface area contributed by atoms with E-state index >= 15 is 0 Å². The zero-order valence-corrected chi connectivity index (χ0v) is 16.9. The molecule has 0 radical (unpaired) electrons. The van der Waals surface area contributed by atoms with Crippen LogP contribution >= 0.6 is 24.0 Å². The van der Waals surface area contributed by atoms with Gasteiger partial charge in [-0.1, -0.05) is 17.7 Å². The fraction of sp³-hybridized carbons (Fsp3) is 0.588. The second-order valence-corrected chi connectivity index (χ2v) is 8.95. The van der Waals surface area contributed by atoms with Gasteiger partial charge in [0.15, 0.2) is 0 Å². The van der Waals surface area contributed by atoms with E-state index in [0.717, 1.165) is 39.0 Å². The lowest BCUT2D eigenvalue weighted by atomic mass is 9.92. The topological polar surface area (TPSA) is 78.5 Å². The smallest absolute Gasteiger partial charge is 0.240 e. The number of hydrogen-bond donors (Lipinski definition) is 2. The monoisotopic (exact) mass is 421 g/mol. The van der Waals surface area contributed by atoms with Crippen LogP contribution in [0.25, 0.3) is 0 Å². The Morgan fingerprint density at radius 3 is 2.50 bits per heavy atom. The largest absolute Gasteiger partial charge is 0.343 e. The Labute approximate surface area is 166 Å². The number of benzene rings is 1. The summed E-state index contributed by atoms with van der Waals surface area (Å²) < 4.78 is 26.9. The third kappa shape index (κ3) is 5.33. The maximum Gasteiger partial charge on any atom is 0.240 e. The normalized spacial score (nSPS) is 23.0. The van der Waals surface area contributed by atoms with Crippen LogP contribution in [-0.4, -0.2) is 51.9 Å². The van der Waals surface area contributed by atoms with Crippen LogP contribution in [0.2, 0.25) is 5.02 Å². The molecule has 2 atom stereocenters. The zero-order valence-electron chi connectivity index (χ0n) is 14.5. The molecule has 2 heterocycles. The maximum absolute atomic E-state index is 12.4. The summed E-state index contributed by atoms with van der Waals surface area (Å²) in [6.07, 6.45) is 2.22. The standard InChI is InChI=1S/C17H24ClN3O3S.ClH/c18-15-2-1-3-16(10-15)25(23,24)20-7-4-17(22)21-8-5-13-11-19-12-14(13)6-9-21;/h1-3,10,13-14,19-20H,4-9,11-12H2;1H/t13-,14+;. The van der Waals surface area contributed by atoms with Crippen LogP contribution in [0.4, 0.5) is 0 Å². The van der Waals surface area contributed by atoms with E-state index in [-0.39, 0.29) is 36.2 Å². The van der Waals surface area contributed by atoms with E-state index in [0.29, 0.717) is 16.9 Å². The fourth-order valence-electron chi connectivity index (χ4n) is 3.64. The molecule has 6 nitrogen and oxygen atoms in total. The van der Waals surface area contributed by atoms with E-state index in [9.17, 15) is 13.2 Å². The van der Waals surface area contributed by atoms with Crippen LogP contribution in [0.1, 0.15) is 19.3 Å². The highest BCUT2D eigenvalue weighted by Crippen LogP contribution is 2.27. The lowest BCUT2D eigenvalue weighted by molar-refractivity contribution is -0.131. The summed E-state index contributed by atoms with van der Waals surface area (Å²) in [6, 6.07) is 6.09. The van der Waals surface area contributed by atoms with Crippen LogP contribution in [0, 0.1) is 11.8 Å². The van der Waals surface area contributed by atoms with Crippen molar-refractivity contribution in [3.63, 3.8) is 0 Å². The summed E-state index contributed by atoms with van der Waals surface area (Å²) in [5.41, 5.74) is 0. The molecule has 9 heteroatoms. The van der Waals surface area contributed by atoms with Gasteiger partial charge in [-0.15, -0.1) is 12.4 Å². The van der Waals surface area contributed by atoms with Gasteiger partial charge in [-0.3, -0.25) is 4.79 Å². The van der Waals surface area contributed by atoms with Crippen LogP contribution in [-0.2, 0) is 14.8 Å². The van der Waals surface area contributed by atoms with Crippen LogP contribution in [0.5, 0.6) is 0 Å². The predicted octanol–water partition coefficient (Wildman–Crippen LogP) is 1.89. The first-order chi connectivity index (χ1) is 12.0. The van der Waals surface area contributed by atoms with Gasteiger partial charge in [0.2, 0.25) is 15.9 Å². The van der Waals surface area contributed by atoms with Crippen molar-refractivity contribution in [3.8, 4) is 0 Å². The maximum atomic E-state index is 12.4. The van der Waals surface area contributed by atoms with Gasteiger partial charge in [0.1, 0.15) is 0 Å². The number of nitrogens with one attached hydrogen (secondary N) is 2. The van der Waals surface area contributed by atoms with Crippen molar-refractivity contribution < 1.29 is 13.2 Å². The lowest BCUT2D eigenvalue weighted by Crippen LogP contribution is -2.35. The van der Waals surface area contributed by atoms with Gasteiger partial charge >= 0.3 is 0 Å². The average molecular weight is 422 g/mol. The van der Waals surface area contributed by atoms with E-state index < -0.39 is 10.0 Å². The number of amides is 1. The highest BCUT2D eigenvalue weighted by atomic mass is 35.5. The Kier molecular flexibility index (Phi) is 7.73. The lowest BCUT2D eigenvalue weighted by Gasteiger charge is -2.21. The molecule has 0 aromatic heterocycles. The van der Waals surface area contributed by atoms with Crippen LogP contribution in [0.3, 0.4) is 0 Å². The van der Waals surface area contributed by atoms with Crippen molar-refractivity contribution in [2.45, 2.75) is 24.2 Å². The summed E-state index contributed by atoms with van der Waals surface area (Å²) in [7, 11) is -3.64. The van der Waals surface area contributed by atoms with Gasteiger partial charge in [-0.05, 0) is 56.0 Å². The number of nitrogens with zero attached hydrogens (tertiary/aromatic N) is 1. The molecule has 2 aliphatic heterocycles. The number of likely N-dealkylation sites (tertiary alicyclic amines) is 1. The van der Waals surface area contributed by atoms with Crippen LogP contribution < -0.4 is 10.0 Å². The molecule has 0 spiro atoms. The molecule has 0 unspecified atom stereocenters. The predicted molar refractivity (Wildman–Crippen MR) is 104 cm³/mol. The molecular formula is C17H25Cl2N3O3S. The molecule has 1 aromatic rings. The Hall–Kier alpha value is -0.860. The van der Waals surface area contributed by atoms with Gasteiger partial charge in [0.05, 0.1) is 4.90 Å². The van der Waals surface area contributed by atoms with Gasteiger partial charge in [0, 0.05) is 31.1 Å². The average Bonchev–Trinajstić information content (AvgIpc) is 2.93. The molecule has 0 saturated carbocycles. The zero-order chi connectivity index (χ0) is 17.9. The summed E-state index contributed by atoms with van der Waals surface area (Å²) >= 11 is 5.84. The second-order valence-electron chi connectivity index (χ2n) is 6.74. The Balaban J connectivity index is 0.00000243. The molecule has 146 valence electrons. The number of halogens is 2. The summed E-state index contributed by atoms with van der Waals surface area (Å²) in [6.45, 7) is 3.72. The van der Waals surface area contributed by atoms with Gasteiger partial charge in [0.25, 0.3) is 0 Å². The molecule has 1 amide bonds.